The van der Waals surface area contributed by atoms with Crippen LogP contribution < -0.4 is 14.8 Å². The standard InChI is InChI=1S/C14H20N2O4/c1-15-12(9-16-6-7-20-14(16)17)11-5-4-10(18-2)8-13(11)19-3/h4-5,8,12,15H,6-7,9H2,1-3H3. The first-order valence-electron chi connectivity index (χ1n) is 6.50. The number of hydrogen-bond donors (Lipinski definition) is 1. The maximum absolute atomic E-state index is 11.5. The van der Waals surface area contributed by atoms with Gasteiger partial charge in [-0.1, -0.05) is 0 Å². The van der Waals surface area contributed by atoms with E-state index in [1.807, 2.05) is 25.2 Å². The van der Waals surface area contributed by atoms with Gasteiger partial charge in [-0.15, -0.1) is 0 Å². The second-order valence-corrected chi connectivity index (χ2v) is 4.51. The number of nitrogens with zero attached hydrogens (tertiary/aromatic N) is 1. The fraction of sp³-hybridized carbons (Fsp3) is 0.500. The van der Waals surface area contributed by atoms with Crippen LogP contribution in [-0.2, 0) is 4.74 Å². The highest BCUT2D eigenvalue weighted by Crippen LogP contribution is 2.30. The Kier molecular flexibility index (Phi) is 4.68. The van der Waals surface area contributed by atoms with Gasteiger partial charge in [-0.25, -0.2) is 4.79 Å². The normalized spacial score (nSPS) is 15.9. The Labute approximate surface area is 118 Å². The van der Waals surface area contributed by atoms with Crippen LogP contribution in [0.4, 0.5) is 4.79 Å². The number of benzene rings is 1. The van der Waals surface area contributed by atoms with Crippen LogP contribution in [0, 0.1) is 0 Å². The summed E-state index contributed by atoms with van der Waals surface area (Å²) >= 11 is 0. The zero-order valence-electron chi connectivity index (χ0n) is 12.0. The fourth-order valence-electron chi connectivity index (χ4n) is 2.26. The Hall–Kier alpha value is -1.95. The molecule has 0 aliphatic carbocycles. The molecule has 1 atom stereocenters. The Balaban J connectivity index is 2.20. The smallest absolute Gasteiger partial charge is 0.410 e. The fourth-order valence-corrected chi connectivity index (χ4v) is 2.26. The average molecular weight is 280 g/mol. The number of carbonyl (C=O) groups excluding carboxylic acids is 1. The molecule has 1 unspecified atom stereocenters. The summed E-state index contributed by atoms with van der Waals surface area (Å²) in [6.07, 6.45) is -0.266. The van der Waals surface area contributed by atoms with E-state index in [0.717, 1.165) is 17.1 Å². The summed E-state index contributed by atoms with van der Waals surface area (Å²) in [7, 11) is 5.09. The maximum Gasteiger partial charge on any atom is 0.410 e. The van der Waals surface area contributed by atoms with Crippen LogP contribution >= 0.6 is 0 Å². The van der Waals surface area contributed by atoms with Gasteiger partial charge < -0.3 is 24.4 Å². The van der Waals surface area contributed by atoms with Gasteiger partial charge >= 0.3 is 6.09 Å². The molecule has 1 amide bonds. The van der Waals surface area contributed by atoms with Gasteiger partial charge in [0.05, 0.1) is 26.8 Å². The van der Waals surface area contributed by atoms with Crippen LogP contribution in [0.3, 0.4) is 0 Å². The molecule has 1 aromatic carbocycles. The summed E-state index contributed by atoms with van der Waals surface area (Å²) in [6, 6.07) is 5.63. The second kappa shape index (κ2) is 6.47. The topological polar surface area (TPSA) is 60.0 Å². The highest BCUT2D eigenvalue weighted by Gasteiger charge is 2.26. The minimum absolute atomic E-state index is 0.0264. The van der Waals surface area contributed by atoms with Crippen LogP contribution in [-0.4, -0.2) is 52.0 Å². The monoisotopic (exact) mass is 280 g/mol. The molecule has 6 heteroatoms. The molecule has 6 nitrogen and oxygen atoms in total. The molecule has 1 saturated heterocycles. The zero-order chi connectivity index (χ0) is 14.5. The summed E-state index contributed by atoms with van der Waals surface area (Å²) in [5.41, 5.74) is 0.982. The van der Waals surface area contributed by atoms with E-state index < -0.39 is 0 Å². The van der Waals surface area contributed by atoms with Crippen molar-refractivity contribution in [1.29, 1.82) is 0 Å². The first-order valence-corrected chi connectivity index (χ1v) is 6.50. The molecular formula is C14H20N2O4. The molecule has 0 spiro atoms. The number of ether oxygens (including phenoxy) is 3. The quantitative estimate of drug-likeness (QED) is 0.854. The minimum Gasteiger partial charge on any atom is -0.497 e. The SMILES string of the molecule is CNC(CN1CCOC1=O)c1ccc(OC)cc1OC. The van der Waals surface area contributed by atoms with Crippen molar-refractivity contribution < 1.29 is 19.0 Å². The molecule has 1 aliphatic heterocycles. The molecule has 110 valence electrons. The first-order chi connectivity index (χ1) is 9.69. The van der Waals surface area contributed by atoms with E-state index in [-0.39, 0.29) is 12.1 Å². The molecule has 0 bridgehead atoms. The molecule has 1 aliphatic rings. The van der Waals surface area contributed by atoms with E-state index in [1.54, 1.807) is 19.1 Å². The summed E-state index contributed by atoms with van der Waals surface area (Å²) in [6.45, 7) is 1.61. The molecule has 0 aromatic heterocycles. The predicted octanol–water partition coefficient (Wildman–Crippen LogP) is 1.42. The highest BCUT2D eigenvalue weighted by molar-refractivity contribution is 5.69. The summed E-state index contributed by atoms with van der Waals surface area (Å²) in [4.78, 5) is 13.2. The third kappa shape index (κ3) is 2.96. The van der Waals surface area contributed by atoms with Crippen molar-refractivity contribution in [2.75, 3.05) is 41.0 Å². The van der Waals surface area contributed by atoms with Crippen molar-refractivity contribution >= 4 is 6.09 Å². The number of methoxy groups -OCH3 is 2. The van der Waals surface area contributed by atoms with Crippen molar-refractivity contribution in [3.05, 3.63) is 23.8 Å². The molecule has 1 fully saturated rings. The van der Waals surface area contributed by atoms with Gasteiger partial charge in [0.15, 0.2) is 0 Å². The van der Waals surface area contributed by atoms with E-state index >= 15 is 0 Å². The number of nitrogens with one attached hydrogen (secondary N) is 1. The van der Waals surface area contributed by atoms with Crippen LogP contribution in [0.25, 0.3) is 0 Å². The number of amides is 1. The van der Waals surface area contributed by atoms with Crippen LogP contribution in [0.5, 0.6) is 11.5 Å². The van der Waals surface area contributed by atoms with Crippen molar-refractivity contribution in [2.24, 2.45) is 0 Å². The molecule has 20 heavy (non-hydrogen) atoms. The highest BCUT2D eigenvalue weighted by atomic mass is 16.6. The molecule has 1 heterocycles. The second-order valence-electron chi connectivity index (χ2n) is 4.51. The Morgan fingerprint density at radius 1 is 1.40 bits per heavy atom. The van der Waals surface area contributed by atoms with E-state index in [1.165, 1.54) is 0 Å². The van der Waals surface area contributed by atoms with E-state index in [0.29, 0.717) is 19.7 Å². The van der Waals surface area contributed by atoms with Crippen LogP contribution in [0.1, 0.15) is 11.6 Å². The number of hydrogen-bond acceptors (Lipinski definition) is 5. The predicted molar refractivity (Wildman–Crippen MR) is 74.3 cm³/mol. The Morgan fingerprint density at radius 3 is 2.75 bits per heavy atom. The molecule has 2 rings (SSSR count). The largest absolute Gasteiger partial charge is 0.497 e. The number of carbonyl (C=O) groups is 1. The summed E-state index contributed by atoms with van der Waals surface area (Å²) in [5, 5.41) is 3.21. The first kappa shape index (κ1) is 14.5. The van der Waals surface area contributed by atoms with E-state index in [2.05, 4.69) is 5.32 Å². The van der Waals surface area contributed by atoms with Crippen molar-refractivity contribution in [1.82, 2.24) is 10.2 Å². The lowest BCUT2D eigenvalue weighted by Crippen LogP contribution is -2.34. The third-order valence-corrected chi connectivity index (χ3v) is 3.41. The lowest BCUT2D eigenvalue weighted by Gasteiger charge is -2.23. The van der Waals surface area contributed by atoms with Gasteiger partial charge in [-0.05, 0) is 19.2 Å². The van der Waals surface area contributed by atoms with Gasteiger partial charge in [0.2, 0.25) is 0 Å². The van der Waals surface area contributed by atoms with Gasteiger partial charge in [0.1, 0.15) is 18.1 Å². The maximum atomic E-state index is 11.5. The van der Waals surface area contributed by atoms with E-state index in [4.69, 9.17) is 14.2 Å². The van der Waals surface area contributed by atoms with Gasteiger partial charge in [-0.2, -0.15) is 0 Å². The minimum atomic E-state index is -0.266. The number of rotatable bonds is 6. The molecule has 1 N–H and O–H groups in total. The molecular weight excluding hydrogens is 260 g/mol. The van der Waals surface area contributed by atoms with Crippen molar-refractivity contribution in [2.45, 2.75) is 6.04 Å². The van der Waals surface area contributed by atoms with Crippen LogP contribution in [0.15, 0.2) is 18.2 Å². The third-order valence-electron chi connectivity index (χ3n) is 3.41. The van der Waals surface area contributed by atoms with Crippen molar-refractivity contribution in [3.8, 4) is 11.5 Å². The average Bonchev–Trinajstić information content (AvgIpc) is 2.89. The molecule has 0 saturated carbocycles. The summed E-state index contributed by atoms with van der Waals surface area (Å²) in [5.74, 6) is 1.47. The molecule has 0 radical (unpaired) electrons. The van der Waals surface area contributed by atoms with Gasteiger partial charge in [0.25, 0.3) is 0 Å². The number of cyclic esters (lactones) is 1. The van der Waals surface area contributed by atoms with Gasteiger partial charge in [-0.3, -0.25) is 0 Å². The summed E-state index contributed by atoms with van der Waals surface area (Å²) < 4.78 is 15.5. The lowest BCUT2D eigenvalue weighted by molar-refractivity contribution is 0.156. The van der Waals surface area contributed by atoms with Crippen molar-refractivity contribution in [3.63, 3.8) is 0 Å². The Bertz CT molecular complexity index is 478. The van der Waals surface area contributed by atoms with Gasteiger partial charge in [0, 0.05) is 18.2 Å². The van der Waals surface area contributed by atoms with E-state index in [9.17, 15) is 4.79 Å². The van der Waals surface area contributed by atoms with Crippen LogP contribution in [0.2, 0.25) is 0 Å². The zero-order valence-corrected chi connectivity index (χ0v) is 12.0. The Morgan fingerprint density at radius 2 is 2.20 bits per heavy atom. The number of likely N-dealkylation sites (N-methyl/N-ethyl adjacent to an activating group) is 1. The molecule has 1 aromatic rings. The lowest BCUT2D eigenvalue weighted by atomic mass is 10.0.